The van der Waals surface area contributed by atoms with Crippen molar-refractivity contribution in [2.75, 3.05) is 6.54 Å². The van der Waals surface area contributed by atoms with E-state index >= 15 is 0 Å². The van der Waals surface area contributed by atoms with E-state index in [1.807, 2.05) is 6.92 Å². The first-order valence-corrected chi connectivity index (χ1v) is 12.6. The molecule has 3 aromatic rings. The number of sulfonamides is 1. The number of nitro groups is 1. The fourth-order valence-corrected chi connectivity index (χ4v) is 6.00. The Kier molecular flexibility index (Phi) is 6.58. The predicted molar refractivity (Wildman–Crippen MR) is 120 cm³/mol. The van der Waals surface area contributed by atoms with E-state index < -0.39 is 14.9 Å². The topological polar surface area (TPSA) is 119 Å². The van der Waals surface area contributed by atoms with Crippen LogP contribution >= 0.6 is 11.8 Å². The number of nitrogens with zero attached hydrogens (tertiary/aromatic N) is 4. The zero-order valence-corrected chi connectivity index (χ0v) is 19.0. The smallest absolute Gasteiger partial charge is 0.277 e. The molecule has 1 atom stereocenters. The fourth-order valence-electron chi connectivity index (χ4n) is 3.58. The van der Waals surface area contributed by atoms with Crippen molar-refractivity contribution >= 4 is 27.5 Å². The van der Waals surface area contributed by atoms with Crippen molar-refractivity contribution in [1.82, 2.24) is 14.5 Å². The average molecular weight is 475 g/mol. The first kappa shape index (κ1) is 22.4. The van der Waals surface area contributed by atoms with Crippen molar-refractivity contribution in [2.24, 2.45) is 0 Å². The Morgan fingerprint density at radius 1 is 1.12 bits per heavy atom. The molecule has 4 rings (SSSR count). The van der Waals surface area contributed by atoms with Crippen molar-refractivity contribution in [3.05, 3.63) is 64.2 Å². The molecule has 0 spiro atoms. The van der Waals surface area contributed by atoms with Crippen LogP contribution in [0.4, 0.5) is 5.69 Å². The van der Waals surface area contributed by atoms with Gasteiger partial charge < -0.3 is 4.42 Å². The molecule has 0 radical (unpaired) electrons. The Bertz CT molecular complexity index is 1190. The molecule has 1 aliphatic rings. The van der Waals surface area contributed by atoms with Gasteiger partial charge in [-0.05, 0) is 49.6 Å². The molecule has 1 unspecified atom stereocenters. The number of thioether (sulfide) groups is 1. The van der Waals surface area contributed by atoms with Crippen molar-refractivity contribution in [3.63, 3.8) is 0 Å². The van der Waals surface area contributed by atoms with E-state index in [0.717, 1.165) is 24.8 Å². The zero-order chi connectivity index (χ0) is 22.7. The molecular weight excluding hydrogens is 452 g/mol. The van der Waals surface area contributed by atoms with Crippen molar-refractivity contribution < 1.29 is 17.8 Å². The molecule has 9 nitrogen and oxygen atoms in total. The van der Waals surface area contributed by atoms with Gasteiger partial charge in [0.1, 0.15) is 0 Å². The summed E-state index contributed by atoms with van der Waals surface area (Å²) in [5.41, 5.74) is 1.51. The molecule has 1 saturated heterocycles. The summed E-state index contributed by atoms with van der Waals surface area (Å²) in [6.07, 6.45) is 2.84. The summed E-state index contributed by atoms with van der Waals surface area (Å²) in [5.74, 6) is 0.807. The number of benzene rings is 2. The van der Waals surface area contributed by atoms with Gasteiger partial charge in [-0.2, -0.15) is 4.31 Å². The highest BCUT2D eigenvalue weighted by atomic mass is 32.2. The summed E-state index contributed by atoms with van der Waals surface area (Å²) >= 11 is 1.33. The van der Waals surface area contributed by atoms with Gasteiger partial charge in [-0.25, -0.2) is 8.42 Å². The fraction of sp³-hybridized carbons (Fsp3) is 0.333. The molecule has 2 aromatic carbocycles. The minimum absolute atomic E-state index is 0.0110. The highest BCUT2D eigenvalue weighted by molar-refractivity contribution is 7.98. The van der Waals surface area contributed by atoms with E-state index in [9.17, 15) is 18.5 Å². The summed E-state index contributed by atoms with van der Waals surface area (Å²) in [6, 6.07) is 12.8. The lowest BCUT2D eigenvalue weighted by Gasteiger charge is -2.32. The van der Waals surface area contributed by atoms with Gasteiger partial charge in [0, 0.05) is 36.0 Å². The van der Waals surface area contributed by atoms with Crippen LogP contribution in [0.25, 0.3) is 11.5 Å². The third kappa shape index (κ3) is 4.84. The molecule has 0 aliphatic carbocycles. The van der Waals surface area contributed by atoms with Gasteiger partial charge >= 0.3 is 0 Å². The van der Waals surface area contributed by atoms with E-state index in [1.54, 1.807) is 40.7 Å². The van der Waals surface area contributed by atoms with Crippen LogP contribution in [0.1, 0.15) is 31.7 Å². The number of nitro benzene ring substituents is 1. The van der Waals surface area contributed by atoms with Crippen LogP contribution in [0.15, 0.2) is 63.1 Å². The Balaban J connectivity index is 1.39. The maximum Gasteiger partial charge on any atom is 0.277 e. The third-order valence-corrected chi connectivity index (χ3v) is 8.28. The quantitative estimate of drug-likeness (QED) is 0.279. The van der Waals surface area contributed by atoms with Crippen molar-refractivity contribution in [3.8, 4) is 11.5 Å². The standard InChI is InChI=1S/C21H22N4O5S2/c1-15-4-2-3-13-24(15)32(28,29)19-11-5-16(6-12-19)14-31-21-23-22-20(30-21)17-7-9-18(10-8-17)25(26)27/h5-12,15H,2-4,13-14H2,1H3. The minimum atomic E-state index is -3.49. The van der Waals surface area contributed by atoms with E-state index in [0.29, 0.717) is 28.0 Å². The maximum absolute atomic E-state index is 12.9. The average Bonchev–Trinajstić information content (AvgIpc) is 3.27. The Hall–Kier alpha value is -2.76. The first-order chi connectivity index (χ1) is 15.3. The summed E-state index contributed by atoms with van der Waals surface area (Å²) < 4.78 is 33.1. The Morgan fingerprint density at radius 2 is 1.84 bits per heavy atom. The molecule has 0 bridgehead atoms. The van der Waals surface area contributed by atoms with Gasteiger partial charge in [0.15, 0.2) is 0 Å². The van der Waals surface area contributed by atoms with Gasteiger partial charge in [-0.15, -0.1) is 10.2 Å². The molecule has 0 saturated carbocycles. The number of piperidine rings is 1. The maximum atomic E-state index is 12.9. The minimum Gasteiger partial charge on any atom is -0.411 e. The predicted octanol–water partition coefficient (Wildman–Crippen LogP) is 4.50. The van der Waals surface area contributed by atoms with Crippen LogP contribution in [-0.2, 0) is 15.8 Å². The molecule has 2 heterocycles. The van der Waals surface area contributed by atoms with Crippen molar-refractivity contribution in [1.29, 1.82) is 0 Å². The molecule has 168 valence electrons. The van der Waals surface area contributed by atoms with Crippen LogP contribution < -0.4 is 0 Å². The van der Waals surface area contributed by atoms with Crippen LogP contribution in [0, 0.1) is 10.1 Å². The second-order valence-electron chi connectivity index (χ2n) is 7.57. The molecule has 32 heavy (non-hydrogen) atoms. The highest BCUT2D eigenvalue weighted by Crippen LogP contribution is 2.28. The number of non-ortho nitro benzene ring substituents is 1. The van der Waals surface area contributed by atoms with Crippen LogP contribution in [0.5, 0.6) is 0 Å². The zero-order valence-electron chi connectivity index (χ0n) is 17.4. The van der Waals surface area contributed by atoms with E-state index in [-0.39, 0.29) is 17.6 Å². The highest BCUT2D eigenvalue weighted by Gasteiger charge is 2.30. The lowest BCUT2D eigenvalue weighted by molar-refractivity contribution is -0.384. The molecule has 1 fully saturated rings. The van der Waals surface area contributed by atoms with Crippen LogP contribution in [0.2, 0.25) is 0 Å². The van der Waals surface area contributed by atoms with Crippen LogP contribution in [-0.4, -0.2) is 40.4 Å². The Morgan fingerprint density at radius 3 is 2.50 bits per heavy atom. The second-order valence-corrected chi connectivity index (χ2v) is 10.4. The van der Waals surface area contributed by atoms with Gasteiger partial charge in [0.05, 0.1) is 9.82 Å². The molecule has 1 aromatic heterocycles. The number of aromatic nitrogens is 2. The SMILES string of the molecule is CC1CCCCN1S(=O)(=O)c1ccc(CSc2nnc(-c3ccc([N+](=O)[O-])cc3)o2)cc1. The van der Waals surface area contributed by atoms with Gasteiger partial charge in [0.2, 0.25) is 15.9 Å². The van der Waals surface area contributed by atoms with Crippen molar-refractivity contribution in [2.45, 2.75) is 48.1 Å². The third-order valence-electron chi connectivity index (χ3n) is 5.37. The number of hydrogen-bond acceptors (Lipinski definition) is 8. The largest absolute Gasteiger partial charge is 0.411 e. The number of hydrogen-bond donors (Lipinski definition) is 0. The molecular formula is C21H22N4O5S2. The number of rotatable bonds is 7. The van der Waals surface area contributed by atoms with Crippen LogP contribution in [0.3, 0.4) is 0 Å². The normalized spacial score (nSPS) is 17.3. The summed E-state index contributed by atoms with van der Waals surface area (Å²) in [4.78, 5) is 10.6. The monoisotopic (exact) mass is 474 g/mol. The second kappa shape index (κ2) is 9.39. The van der Waals surface area contributed by atoms with Gasteiger partial charge in [-0.1, -0.05) is 30.3 Å². The summed E-state index contributed by atoms with van der Waals surface area (Å²) in [7, 11) is -3.49. The Labute approximate surface area is 190 Å². The molecule has 1 aliphatic heterocycles. The summed E-state index contributed by atoms with van der Waals surface area (Å²) in [6.45, 7) is 2.52. The van der Waals surface area contributed by atoms with E-state index in [2.05, 4.69) is 10.2 Å². The summed E-state index contributed by atoms with van der Waals surface area (Å²) in [5, 5.41) is 19.1. The lowest BCUT2D eigenvalue weighted by Crippen LogP contribution is -2.41. The van der Waals surface area contributed by atoms with Gasteiger partial charge in [-0.3, -0.25) is 10.1 Å². The molecule has 0 amide bonds. The lowest BCUT2D eigenvalue weighted by atomic mass is 10.1. The first-order valence-electron chi connectivity index (χ1n) is 10.2. The molecule has 11 heteroatoms. The van der Waals surface area contributed by atoms with E-state index in [4.69, 9.17) is 4.42 Å². The molecule has 0 N–H and O–H groups in total. The van der Waals surface area contributed by atoms with E-state index in [1.165, 1.54) is 23.9 Å². The van der Waals surface area contributed by atoms with Gasteiger partial charge in [0.25, 0.3) is 10.9 Å².